The number of rotatable bonds is 4. The first-order valence-corrected chi connectivity index (χ1v) is 10.7. The molecule has 1 aliphatic carbocycles. The van der Waals surface area contributed by atoms with Crippen molar-refractivity contribution >= 4 is 12.0 Å². The molecule has 152 valence electrons. The summed E-state index contributed by atoms with van der Waals surface area (Å²) in [6.07, 6.45) is 7.24. The summed E-state index contributed by atoms with van der Waals surface area (Å²) in [5, 5.41) is 2.23. The van der Waals surface area contributed by atoms with Crippen LogP contribution in [0, 0.1) is 5.41 Å². The number of nitrogens with one attached hydrogen (secondary N) is 1. The zero-order chi connectivity index (χ0) is 19.1. The number of amides is 2. The van der Waals surface area contributed by atoms with Crippen molar-refractivity contribution in [3.05, 3.63) is 0 Å². The fourth-order valence-corrected chi connectivity index (χ4v) is 5.81. The summed E-state index contributed by atoms with van der Waals surface area (Å²) in [6.45, 7) is 9.30. The molecule has 0 aromatic carbocycles. The van der Waals surface area contributed by atoms with Crippen LogP contribution in [0.4, 0.5) is 4.79 Å². The minimum absolute atomic E-state index is 0.0408. The maximum atomic E-state index is 12.0. The second-order valence-corrected chi connectivity index (χ2v) is 9.06. The SMILES string of the molecule is CCCN1NC(=O)CC12CCN(C1CC3(CCN(C(=O)OCC)C3)C1)CC2. The molecular formula is C20H34N4O3. The summed E-state index contributed by atoms with van der Waals surface area (Å²) < 4.78 is 5.16. The van der Waals surface area contributed by atoms with Gasteiger partial charge in [0, 0.05) is 45.2 Å². The van der Waals surface area contributed by atoms with Crippen LogP contribution in [-0.4, -0.2) is 77.7 Å². The first kappa shape index (κ1) is 19.0. The molecule has 3 saturated heterocycles. The van der Waals surface area contributed by atoms with Gasteiger partial charge >= 0.3 is 6.09 Å². The summed E-state index contributed by atoms with van der Waals surface area (Å²) in [6, 6.07) is 0.647. The Morgan fingerprint density at radius 1 is 1.19 bits per heavy atom. The fourth-order valence-electron chi connectivity index (χ4n) is 5.81. The van der Waals surface area contributed by atoms with Gasteiger partial charge in [-0.25, -0.2) is 9.80 Å². The lowest BCUT2D eigenvalue weighted by Crippen LogP contribution is -2.59. The Kier molecular flexibility index (Phi) is 5.10. The van der Waals surface area contributed by atoms with Gasteiger partial charge in [-0.05, 0) is 50.9 Å². The van der Waals surface area contributed by atoms with Gasteiger partial charge in [-0.15, -0.1) is 0 Å². The first-order valence-electron chi connectivity index (χ1n) is 10.7. The summed E-state index contributed by atoms with van der Waals surface area (Å²) in [4.78, 5) is 28.5. The number of hydrazine groups is 1. The smallest absolute Gasteiger partial charge is 0.409 e. The molecule has 7 heteroatoms. The third-order valence-electron chi connectivity index (χ3n) is 7.32. The number of hydrogen-bond donors (Lipinski definition) is 1. The molecule has 0 bridgehead atoms. The van der Waals surface area contributed by atoms with Gasteiger partial charge in [-0.1, -0.05) is 6.92 Å². The van der Waals surface area contributed by atoms with Crippen molar-refractivity contribution in [3.8, 4) is 0 Å². The van der Waals surface area contributed by atoms with Crippen LogP contribution in [0.25, 0.3) is 0 Å². The fraction of sp³-hybridized carbons (Fsp3) is 0.900. The number of carbonyl (C=O) groups is 2. The van der Waals surface area contributed by atoms with Crippen molar-refractivity contribution in [2.45, 2.75) is 70.4 Å². The maximum absolute atomic E-state index is 12.0. The van der Waals surface area contributed by atoms with Gasteiger partial charge in [0.15, 0.2) is 0 Å². The molecule has 0 radical (unpaired) electrons. The normalized spacial score (nSPS) is 33.5. The van der Waals surface area contributed by atoms with Gasteiger partial charge in [0.1, 0.15) is 0 Å². The van der Waals surface area contributed by atoms with Crippen molar-refractivity contribution in [1.29, 1.82) is 0 Å². The van der Waals surface area contributed by atoms with Crippen molar-refractivity contribution in [1.82, 2.24) is 20.2 Å². The van der Waals surface area contributed by atoms with E-state index in [0.717, 1.165) is 58.4 Å². The van der Waals surface area contributed by atoms with Crippen molar-refractivity contribution < 1.29 is 14.3 Å². The highest BCUT2D eigenvalue weighted by Gasteiger charge is 2.53. The molecule has 0 aromatic heterocycles. The Morgan fingerprint density at radius 3 is 2.59 bits per heavy atom. The van der Waals surface area contributed by atoms with Crippen LogP contribution >= 0.6 is 0 Å². The molecule has 3 heterocycles. The lowest BCUT2D eigenvalue weighted by atomic mass is 9.64. The van der Waals surface area contributed by atoms with Gasteiger partial charge in [0.05, 0.1) is 12.1 Å². The van der Waals surface area contributed by atoms with Crippen LogP contribution in [0.3, 0.4) is 0 Å². The van der Waals surface area contributed by atoms with E-state index < -0.39 is 0 Å². The van der Waals surface area contributed by atoms with Crippen LogP contribution in [0.2, 0.25) is 0 Å². The Labute approximate surface area is 162 Å². The van der Waals surface area contributed by atoms with Crippen molar-refractivity contribution in [2.24, 2.45) is 5.41 Å². The number of nitrogens with zero attached hydrogens (tertiary/aromatic N) is 3. The number of carbonyl (C=O) groups excluding carboxylic acids is 2. The largest absolute Gasteiger partial charge is 0.450 e. The van der Waals surface area contributed by atoms with Gasteiger partial charge in [-0.2, -0.15) is 0 Å². The molecule has 4 aliphatic rings. The first-order chi connectivity index (χ1) is 13.0. The Hall–Kier alpha value is -1.34. The molecule has 1 saturated carbocycles. The third kappa shape index (κ3) is 3.44. The van der Waals surface area contributed by atoms with Gasteiger partial charge in [0.2, 0.25) is 5.91 Å². The predicted molar refractivity (Wildman–Crippen MR) is 102 cm³/mol. The Balaban J connectivity index is 1.27. The van der Waals surface area contributed by atoms with Gasteiger partial charge in [0.25, 0.3) is 0 Å². The average molecular weight is 379 g/mol. The van der Waals surface area contributed by atoms with Crippen molar-refractivity contribution in [3.63, 3.8) is 0 Å². The van der Waals surface area contributed by atoms with Crippen LogP contribution < -0.4 is 5.43 Å². The minimum atomic E-state index is -0.146. The molecule has 0 unspecified atom stereocenters. The monoisotopic (exact) mass is 378 g/mol. The molecule has 0 atom stereocenters. The van der Waals surface area contributed by atoms with E-state index in [-0.39, 0.29) is 17.5 Å². The zero-order valence-corrected chi connectivity index (χ0v) is 16.8. The average Bonchev–Trinajstić information content (AvgIpc) is 3.18. The topological polar surface area (TPSA) is 65.1 Å². The summed E-state index contributed by atoms with van der Waals surface area (Å²) in [7, 11) is 0. The van der Waals surface area contributed by atoms with Crippen LogP contribution in [0.5, 0.6) is 0 Å². The lowest BCUT2D eigenvalue weighted by Gasteiger charge is -2.53. The summed E-state index contributed by atoms with van der Waals surface area (Å²) in [5.74, 6) is 0.185. The van der Waals surface area contributed by atoms with E-state index >= 15 is 0 Å². The highest BCUT2D eigenvalue weighted by Crippen LogP contribution is 2.51. The summed E-state index contributed by atoms with van der Waals surface area (Å²) >= 11 is 0. The number of hydrogen-bond acceptors (Lipinski definition) is 5. The minimum Gasteiger partial charge on any atom is -0.450 e. The molecule has 7 nitrogen and oxygen atoms in total. The van der Waals surface area contributed by atoms with E-state index in [0.29, 0.717) is 24.5 Å². The molecule has 2 amide bonds. The van der Waals surface area contributed by atoms with E-state index in [2.05, 4.69) is 22.3 Å². The number of likely N-dealkylation sites (tertiary alicyclic amines) is 2. The van der Waals surface area contributed by atoms with E-state index in [1.54, 1.807) is 0 Å². The van der Waals surface area contributed by atoms with Crippen molar-refractivity contribution in [2.75, 3.05) is 39.3 Å². The number of piperidine rings is 1. The van der Waals surface area contributed by atoms with Crippen LogP contribution in [-0.2, 0) is 9.53 Å². The molecule has 27 heavy (non-hydrogen) atoms. The third-order valence-corrected chi connectivity index (χ3v) is 7.32. The van der Waals surface area contributed by atoms with Crippen LogP contribution in [0.1, 0.15) is 58.8 Å². The molecule has 3 aliphatic heterocycles. The van der Waals surface area contributed by atoms with E-state index in [1.165, 1.54) is 12.8 Å². The van der Waals surface area contributed by atoms with Gasteiger partial charge < -0.3 is 14.5 Å². The van der Waals surface area contributed by atoms with E-state index in [4.69, 9.17) is 4.74 Å². The van der Waals surface area contributed by atoms with E-state index in [1.807, 2.05) is 11.8 Å². The Morgan fingerprint density at radius 2 is 1.93 bits per heavy atom. The lowest BCUT2D eigenvalue weighted by molar-refractivity contribution is -0.121. The maximum Gasteiger partial charge on any atom is 0.409 e. The van der Waals surface area contributed by atoms with Gasteiger partial charge in [-0.3, -0.25) is 10.2 Å². The molecular weight excluding hydrogens is 344 g/mol. The number of ether oxygens (including phenoxy) is 1. The summed E-state index contributed by atoms with van der Waals surface area (Å²) in [5.41, 5.74) is 3.45. The second-order valence-electron chi connectivity index (χ2n) is 9.06. The molecule has 0 aromatic rings. The zero-order valence-electron chi connectivity index (χ0n) is 16.8. The standard InChI is InChI=1S/C20H34N4O3/c1-3-8-24-20(14-17(25)21-24)6-10-22(11-7-20)16-12-19(13-16)5-9-23(15-19)18(26)27-4-2/h16H,3-15H2,1-2H3,(H,21,25). The molecule has 4 rings (SSSR count). The Bertz CT molecular complexity index is 582. The predicted octanol–water partition coefficient (Wildman–Crippen LogP) is 1.98. The van der Waals surface area contributed by atoms with E-state index in [9.17, 15) is 9.59 Å². The van der Waals surface area contributed by atoms with Crippen LogP contribution in [0.15, 0.2) is 0 Å². The molecule has 2 spiro atoms. The second kappa shape index (κ2) is 7.24. The highest BCUT2D eigenvalue weighted by molar-refractivity contribution is 5.79. The quantitative estimate of drug-likeness (QED) is 0.810. The highest BCUT2D eigenvalue weighted by atomic mass is 16.6. The molecule has 4 fully saturated rings. The molecule has 1 N–H and O–H groups in total.